The molecule has 0 amide bonds. The van der Waals surface area contributed by atoms with Crippen LogP contribution in [0.25, 0.3) is 0 Å². The van der Waals surface area contributed by atoms with Crippen LogP contribution < -0.4 is 0 Å². The van der Waals surface area contributed by atoms with Gasteiger partial charge in [0, 0.05) is 34.0 Å². The predicted molar refractivity (Wildman–Crippen MR) is 98.0 cm³/mol. The summed E-state index contributed by atoms with van der Waals surface area (Å²) in [7, 11) is 2.95. The van der Waals surface area contributed by atoms with Gasteiger partial charge in [0.1, 0.15) is 0 Å². The second-order valence-electron chi connectivity index (χ2n) is 3.83. The lowest BCUT2D eigenvalue weighted by molar-refractivity contribution is -0.137. The van der Waals surface area contributed by atoms with Gasteiger partial charge in [0.15, 0.2) is 9.76 Å². The van der Waals surface area contributed by atoms with E-state index in [4.69, 9.17) is 22.4 Å². The van der Waals surface area contributed by atoms with E-state index in [1.165, 1.54) is 6.08 Å². The third-order valence-electron chi connectivity index (χ3n) is 2.09. The maximum absolute atomic E-state index is 10.5. The van der Waals surface area contributed by atoms with E-state index in [1.54, 1.807) is 21.3 Å². The minimum absolute atomic E-state index is 0.340. The Kier molecular flexibility index (Phi) is 30.8. The number of hydrogen-bond acceptors (Lipinski definition) is 6. The molecule has 6 nitrogen and oxygen atoms in total. The highest BCUT2D eigenvalue weighted by molar-refractivity contribution is 6.36. The molecule has 0 rings (SSSR count). The largest absolute Gasteiger partial charge is 0.576 e. The van der Waals surface area contributed by atoms with Gasteiger partial charge in [-0.05, 0) is 25.8 Å². The molecule has 0 spiro atoms. The van der Waals surface area contributed by atoms with Crippen molar-refractivity contribution < 1.29 is 27.2 Å². The van der Waals surface area contributed by atoms with Crippen molar-refractivity contribution in [2.24, 2.45) is 0 Å². The first kappa shape index (κ1) is 27.1. The molecule has 0 aromatic carbocycles. The van der Waals surface area contributed by atoms with Gasteiger partial charge in [0.2, 0.25) is 0 Å². The molecule has 0 bridgehead atoms. The molecule has 0 aliphatic rings. The number of hydrogen-bond donors (Lipinski definition) is 0. The van der Waals surface area contributed by atoms with E-state index in [0.29, 0.717) is 6.61 Å². The third-order valence-corrected chi connectivity index (χ3v) is 4.57. The minimum Gasteiger partial charge on any atom is -0.463 e. The first-order valence-corrected chi connectivity index (χ1v) is 10.3. The lowest BCUT2D eigenvalue weighted by Gasteiger charge is -2.02. The van der Waals surface area contributed by atoms with Crippen LogP contribution in [0.4, 0.5) is 0 Å². The zero-order valence-electron chi connectivity index (χ0n) is 15.3. The highest BCUT2D eigenvalue weighted by Crippen LogP contribution is 1.91. The molecular formula is C15H33O6Si2. The van der Waals surface area contributed by atoms with Gasteiger partial charge in [0.25, 0.3) is 0 Å². The van der Waals surface area contributed by atoms with Crippen LogP contribution >= 0.6 is 0 Å². The third kappa shape index (κ3) is 29.8. The summed E-state index contributed by atoms with van der Waals surface area (Å²) in [5.74, 6) is -0.340. The summed E-state index contributed by atoms with van der Waals surface area (Å²) in [6.07, 6.45) is 5.05. The number of rotatable bonds is 11. The Labute approximate surface area is 145 Å². The average molecular weight is 366 g/mol. The average Bonchev–Trinajstić information content (AvgIpc) is 2.60. The Morgan fingerprint density at radius 3 is 1.96 bits per heavy atom. The van der Waals surface area contributed by atoms with E-state index >= 15 is 0 Å². The molecule has 0 saturated heterocycles. The van der Waals surface area contributed by atoms with Crippen LogP contribution in [-0.4, -0.2) is 59.8 Å². The summed E-state index contributed by atoms with van der Waals surface area (Å²) in [5.41, 5.74) is 0. The van der Waals surface area contributed by atoms with E-state index in [2.05, 4.69) is 20.1 Å². The highest BCUT2D eigenvalue weighted by atomic mass is 28.3. The van der Waals surface area contributed by atoms with Crippen LogP contribution in [-0.2, 0) is 27.2 Å². The lowest BCUT2D eigenvalue weighted by Crippen LogP contribution is -2.21. The van der Waals surface area contributed by atoms with Crippen LogP contribution in [0.3, 0.4) is 0 Å². The molecule has 0 aliphatic heterocycles. The number of carbonyl (C=O) groups is 1. The molecule has 0 fully saturated rings. The maximum Gasteiger partial charge on any atom is 0.576 e. The van der Waals surface area contributed by atoms with E-state index in [1.807, 2.05) is 13.0 Å². The quantitative estimate of drug-likeness (QED) is 0.184. The molecule has 0 saturated carbocycles. The van der Waals surface area contributed by atoms with Crippen molar-refractivity contribution in [2.75, 3.05) is 34.5 Å². The molecule has 1 radical (unpaired) electrons. The van der Waals surface area contributed by atoms with Crippen molar-refractivity contribution in [3.63, 3.8) is 0 Å². The summed E-state index contributed by atoms with van der Waals surface area (Å²) >= 11 is 0. The summed E-state index contributed by atoms with van der Waals surface area (Å²) in [4.78, 5) is 10.5. The molecule has 0 aliphatic carbocycles. The van der Waals surface area contributed by atoms with Gasteiger partial charge >= 0.3 is 15.5 Å². The molecule has 0 unspecified atom stereocenters. The Morgan fingerprint density at radius 1 is 1.13 bits per heavy atom. The van der Waals surface area contributed by atoms with Crippen molar-refractivity contribution in [1.29, 1.82) is 0 Å². The van der Waals surface area contributed by atoms with E-state index < -0.39 is 9.53 Å². The summed E-state index contributed by atoms with van der Waals surface area (Å²) in [6, 6.07) is 1.07. The zero-order chi connectivity index (χ0) is 18.3. The Bertz CT molecular complexity index is 255. The smallest absolute Gasteiger partial charge is 0.463 e. The minimum atomic E-state index is -1.36. The van der Waals surface area contributed by atoms with E-state index in [0.717, 1.165) is 25.5 Å². The molecular weight excluding hydrogens is 332 g/mol. The molecule has 0 aromatic heterocycles. The summed E-state index contributed by atoms with van der Waals surface area (Å²) < 4.78 is 24.1. The fourth-order valence-corrected chi connectivity index (χ4v) is 2.33. The van der Waals surface area contributed by atoms with Crippen molar-refractivity contribution in [1.82, 2.24) is 0 Å². The topological polar surface area (TPSA) is 63.2 Å². The first-order chi connectivity index (χ1) is 11.1. The van der Waals surface area contributed by atoms with Crippen LogP contribution in [0.5, 0.6) is 0 Å². The van der Waals surface area contributed by atoms with Gasteiger partial charge < -0.3 is 22.4 Å². The number of carbonyl (C=O) groups excluding carboxylic acids is 1. The Balaban J connectivity index is -0.000000307. The second kappa shape index (κ2) is 26.1. The van der Waals surface area contributed by atoms with Gasteiger partial charge in [0.05, 0.1) is 6.61 Å². The fraction of sp³-hybridized carbons (Fsp3) is 0.667. The van der Waals surface area contributed by atoms with Gasteiger partial charge in [-0.1, -0.05) is 19.6 Å². The molecule has 0 atom stereocenters. The van der Waals surface area contributed by atoms with Crippen molar-refractivity contribution in [3.8, 4) is 0 Å². The fourth-order valence-electron chi connectivity index (χ4n) is 0.932. The molecule has 8 heteroatoms. The van der Waals surface area contributed by atoms with Crippen molar-refractivity contribution in [2.45, 2.75) is 32.7 Å². The first-order valence-electron chi connectivity index (χ1n) is 7.54. The highest BCUT2D eigenvalue weighted by Gasteiger charge is 2.09. The molecule has 23 heavy (non-hydrogen) atoms. The predicted octanol–water partition coefficient (Wildman–Crippen LogP) is 2.14. The maximum atomic E-state index is 10.5. The van der Waals surface area contributed by atoms with Crippen molar-refractivity contribution in [3.05, 3.63) is 25.3 Å². The molecule has 137 valence electrons. The lowest BCUT2D eigenvalue weighted by atomic mass is 10.5. The van der Waals surface area contributed by atoms with Crippen molar-refractivity contribution >= 4 is 25.3 Å². The second-order valence-corrected chi connectivity index (χ2v) is 7.08. The SMILES string of the molecule is C=CC(=O)OCCC[SiH2]OCC.C=CCC.CO[Si](OC)OC. The van der Waals surface area contributed by atoms with Crippen LogP contribution in [0.1, 0.15) is 26.7 Å². The Morgan fingerprint density at radius 2 is 1.65 bits per heavy atom. The summed E-state index contributed by atoms with van der Waals surface area (Å²) in [6.45, 7) is 12.1. The standard InChI is InChI=1S/C8H16O3Si.C4H8.C3H9O3Si/c1-3-8(9)10-6-5-7-12-11-4-2;1-3-4-2;1-4-7(5-2)6-3/h3H,1,4-7,12H2,2H3;3H,1,4H2,2H3;1-3H3. The van der Waals surface area contributed by atoms with Gasteiger partial charge in [-0.25, -0.2) is 4.79 Å². The van der Waals surface area contributed by atoms with Gasteiger partial charge in [-0.3, -0.25) is 0 Å². The summed E-state index contributed by atoms with van der Waals surface area (Å²) in [5, 5.41) is 0. The molecule has 0 heterocycles. The van der Waals surface area contributed by atoms with Crippen LogP contribution in [0.2, 0.25) is 6.04 Å². The van der Waals surface area contributed by atoms with Gasteiger partial charge in [-0.2, -0.15) is 0 Å². The van der Waals surface area contributed by atoms with E-state index in [-0.39, 0.29) is 15.7 Å². The number of allylic oxidation sites excluding steroid dienone is 1. The van der Waals surface area contributed by atoms with Crippen LogP contribution in [0.15, 0.2) is 25.3 Å². The van der Waals surface area contributed by atoms with Crippen LogP contribution in [0, 0.1) is 0 Å². The zero-order valence-corrected chi connectivity index (χ0v) is 17.7. The molecule has 0 aromatic rings. The normalized spacial score (nSPS) is 9.65. The monoisotopic (exact) mass is 365 g/mol. The van der Waals surface area contributed by atoms with E-state index in [9.17, 15) is 4.79 Å². The Hall–Kier alpha value is -0.776. The molecule has 0 N–H and O–H groups in total. The number of ether oxygens (including phenoxy) is 1. The van der Waals surface area contributed by atoms with Gasteiger partial charge in [-0.15, -0.1) is 6.58 Å². The number of esters is 1.